The summed E-state index contributed by atoms with van der Waals surface area (Å²) in [6.45, 7) is 1.92. The molecular formula is C15H13N5S. The molecule has 0 aliphatic heterocycles. The van der Waals surface area contributed by atoms with E-state index in [0.29, 0.717) is 5.56 Å². The van der Waals surface area contributed by atoms with Crippen molar-refractivity contribution in [3.63, 3.8) is 0 Å². The van der Waals surface area contributed by atoms with Gasteiger partial charge in [-0.05, 0) is 24.4 Å². The molecule has 21 heavy (non-hydrogen) atoms. The Bertz CT molecular complexity index is 840. The number of aryl methyl sites for hydroxylation is 1. The Morgan fingerprint density at radius 2 is 2.24 bits per heavy atom. The largest absolute Gasteiger partial charge is 0.383 e. The summed E-state index contributed by atoms with van der Waals surface area (Å²) < 4.78 is 1.94. The quantitative estimate of drug-likeness (QED) is 0.788. The second-order valence-electron chi connectivity index (χ2n) is 4.69. The maximum atomic E-state index is 9.38. The lowest BCUT2D eigenvalue weighted by Gasteiger charge is -2.10. The number of thiophene rings is 1. The number of imidazole rings is 1. The number of hydrogen-bond acceptors (Lipinski definition) is 5. The number of hydrogen-bond donors (Lipinski definition) is 1. The van der Waals surface area contributed by atoms with Crippen LogP contribution < -0.4 is 5.73 Å². The Labute approximate surface area is 126 Å². The van der Waals surface area contributed by atoms with Gasteiger partial charge in [-0.3, -0.25) is 0 Å². The molecule has 0 saturated carbocycles. The van der Waals surface area contributed by atoms with Gasteiger partial charge in [0.15, 0.2) is 0 Å². The lowest BCUT2D eigenvalue weighted by atomic mass is 10.0. The van der Waals surface area contributed by atoms with Gasteiger partial charge in [0.1, 0.15) is 23.3 Å². The number of anilines is 1. The van der Waals surface area contributed by atoms with Crippen LogP contribution in [0.1, 0.15) is 11.4 Å². The van der Waals surface area contributed by atoms with Crippen LogP contribution in [-0.4, -0.2) is 14.5 Å². The minimum absolute atomic E-state index is 0.245. The van der Waals surface area contributed by atoms with Crippen LogP contribution in [0.5, 0.6) is 0 Å². The second kappa shape index (κ2) is 5.04. The van der Waals surface area contributed by atoms with Gasteiger partial charge in [-0.15, -0.1) is 0 Å². The fourth-order valence-electron chi connectivity index (χ4n) is 2.19. The maximum absolute atomic E-state index is 9.38. The highest BCUT2D eigenvalue weighted by Gasteiger charge is 2.16. The molecule has 0 spiro atoms. The fourth-order valence-corrected chi connectivity index (χ4v) is 2.84. The van der Waals surface area contributed by atoms with Gasteiger partial charge in [-0.1, -0.05) is 0 Å². The second-order valence-corrected chi connectivity index (χ2v) is 5.47. The Hall–Kier alpha value is -2.65. The van der Waals surface area contributed by atoms with E-state index in [9.17, 15) is 5.26 Å². The summed E-state index contributed by atoms with van der Waals surface area (Å²) in [6, 6.07) is 6.02. The predicted molar refractivity (Wildman–Crippen MR) is 83.6 cm³/mol. The first-order valence-corrected chi connectivity index (χ1v) is 7.28. The Balaban J connectivity index is 2.28. The average molecular weight is 295 g/mol. The first-order valence-electron chi connectivity index (χ1n) is 6.33. The molecule has 104 valence electrons. The first-order chi connectivity index (χ1) is 10.1. The zero-order valence-corrected chi connectivity index (χ0v) is 12.5. The fraction of sp³-hybridized carbons (Fsp3) is 0.133. The zero-order valence-electron chi connectivity index (χ0n) is 11.7. The van der Waals surface area contributed by atoms with Crippen molar-refractivity contribution in [3.8, 4) is 28.6 Å². The lowest BCUT2D eigenvalue weighted by Crippen LogP contribution is -2.02. The van der Waals surface area contributed by atoms with Crippen molar-refractivity contribution in [2.24, 2.45) is 7.05 Å². The first kappa shape index (κ1) is 13.3. The van der Waals surface area contributed by atoms with Crippen LogP contribution in [-0.2, 0) is 7.05 Å². The number of nitrogen functional groups attached to an aromatic ring is 1. The molecule has 3 heterocycles. The van der Waals surface area contributed by atoms with Crippen molar-refractivity contribution < 1.29 is 0 Å². The van der Waals surface area contributed by atoms with Gasteiger partial charge in [0.05, 0.1) is 17.6 Å². The van der Waals surface area contributed by atoms with E-state index >= 15 is 0 Å². The summed E-state index contributed by atoms with van der Waals surface area (Å²) in [5, 5.41) is 13.4. The number of nitrogens with two attached hydrogens (primary N) is 1. The van der Waals surface area contributed by atoms with Gasteiger partial charge in [0.25, 0.3) is 0 Å². The van der Waals surface area contributed by atoms with E-state index < -0.39 is 0 Å². The highest BCUT2D eigenvalue weighted by molar-refractivity contribution is 7.08. The summed E-state index contributed by atoms with van der Waals surface area (Å²) in [7, 11) is 1.92. The van der Waals surface area contributed by atoms with Crippen LogP contribution in [0.15, 0.2) is 29.1 Å². The minimum Gasteiger partial charge on any atom is -0.383 e. The summed E-state index contributed by atoms with van der Waals surface area (Å²) >= 11 is 1.60. The average Bonchev–Trinajstić information content (AvgIpc) is 3.10. The molecule has 0 unspecified atom stereocenters. The van der Waals surface area contributed by atoms with E-state index in [2.05, 4.69) is 16.0 Å². The number of rotatable bonds is 2. The van der Waals surface area contributed by atoms with E-state index in [1.165, 1.54) is 0 Å². The molecule has 0 atom stereocenters. The third kappa shape index (κ3) is 2.18. The predicted octanol–water partition coefficient (Wildman–Crippen LogP) is 2.97. The smallest absolute Gasteiger partial charge is 0.142 e. The Kier molecular flexibility index (Phi) is 3.20. The van der Waals surface area contributed by atoms with Crippen LogP contribution in [0.2, 0.25) is 0 Å². The van der Waals surface area contributed by atoms with Crippen LogP contribution in [0, 0.1) is 18.3 Å². The number of nitriles is 1. The molecule has 0 bridgehead atoms. The molecule has 0 aromatic carbocycles. The highest BCUT2D eigenvalue weighted by Crippen LogP contribution is 2.31. The molecule has 3 rings (SSSR count). The number of pyridine rings is 1. The molecule has 0 fully saturated rings. The van der Waals surface area contributed by atoms with E-state index in [1.807, 2.05) is 41.4 Å². The molecule has 0 amide bonds. The molecule has 0 saturated heterocycles. The van der Waals surface area contributed by atoms with Crippen LogP contribution in [0.4, 0.5) is 5.82 Å². The normalized spacial score (nSPS) is 10.5. The van der Waals surface area contributed by atoms with Crippen molar-refractivity contribution in [1.29, 1.82) is 5.26 Å². The van der Waals surface area contributed by atoms with E-state index in [1.54, 1.807) is 17.5 Å². The van der Waals surface area contributed by atoms with Gasteiger partial charge in [-0.25, -0.2) is 9.97 Å². The molecule has 2 N–H and O–H groups in total. The third-order valence-corrected chi connectivity index (χ3v) is 4.16. The third-order valence-electron chi connectivity index (χ3n) is 3.47. The van der Waals surface area contributed by atoms with Crippen molar-refractivity contribution in [2.45, 2.75) is 6.92 Å². The molecule has 5 nitrogen and oxygen atoms in total. The zero-order chi connectivity index (χ0) is 15.0. The Morgan fingerprint density at radius 3 is 2.81 bits per heavy atom. The topological polar surface area (TPSA) is 80.5 Å². The summed E-state index contributed by atoms with van der Waals surface area (Å²) in [4.78, 5) is 8.63. The summed E-state index contributed by atoms with van der Waals surface area (Å²) in [5.74, 6) is 1.12. The molecule has 3 aromatic rings. The highest BCUT2D eigenvalue weighted by atomic mass is 32.1. The van der Waals surface area contributed by atoms with E-state index in [-0.39, 0.29) is 5.82 Å². The van der Waals surface area contributed by atoms with Gasteiger partial charge < -0.3 is 10.3 Å². The molecule has 6 heteroatoms. The SMILES string of the molecule is Cc1ncc(-c2cc(-c3ccsc3)nc(N)c2C#N)n1C. The van der Waals surface area contributed by atoms with Crippen molar-refractivity contribution in [3.05, 3.63) is 40.5 Å². The number of aromatic nitrogens is 3. The lowest BCUT2D eigenvalue weighted by molar-refractivity contribution is 0.864. The molecule has 3 aromatic heterocycles. The maximum Gasteiger partial charge on any atom is 0.142 e. The summed E-state index contributed by atoms with van der Waals surface area (Å²) in [6.07, 6.45) is 1.75. The van der Waals surface area contributed by atoms with E-state index in [4.69, 9.17) is 5.73 Å². The van der Waals surface area contributed by atoms with Crippen LogP contribution in [0.3, 0.4) is 0 Å². The van der Waals surface area contributed by atoms with Crippen LogP contribution in [0.25, 0.3) is 22.5 Å². The minimum atomic E-state index is 0.245. The summed E-state index contributed by atoms with van der Waals surface area (Å²) in [5.41, 5.74) is 9.74. The van der Waals surface area contributed by atoms with Gasteiger partial charge >= 0.3 is 0 Å². The van der Waals surface area contributed by atoms with Gasteiger partial charge in [0, 0.05) is 23.6 Å². The van der Waals surface area contributed by atoms with Crippen molar-refractivity contribution in [2.75, 3.05) is 5.73 Å². The van der Waals surface area contributed by atoms with E-state index in [0.717, 1.165) is 28.3 Å². The van der Waals surface area contributed by atoms with Gasteiger partial charge in [0.2, 0.25) is 0 Å². The molecular weight excluding hydrogens is 282 g/mol. The standard InChI is InChI=1S/C15H13N5S/c1-9-18-7-14(20(9)2)11-5-13(10-3-4-21-8-10)19-15(17)12(11)6-16/h3-5,7-8H,1-2H3,(H2,17,19). The number of nitrogens with zero attached hydrogens (tertiary/aromatic N) is 4. The van der Waals surface area contributed by atoms with Gasteiger partial charge in [-0.2, -0.15) is 16.6 Å². The molecule has 0 aliphatic carbocycles. The Morgan fingerprint density at radius 1 is 1.43 bits per heavy atom. The van der Waals surface area contributed by atoms with Crippen LogP contribution >= 0.6 is 11.3 Å². The molecule has 0 radical (unpaired) electrons. The van der Waals surface area contributed by atoms with Crippen molar-refractivity contribution >= 4 is 17.2 Å². The molecule has 0 aliphatic rings. The monoisotopic (exact) mass is 295 g/mol. The van der Waals surface area contributed by atoms with Crippen molar-refractivity contribution in [1.82, 2.24) is 14.5 Å².